The Balaban J connectivity index is 1.72. The predicted octanol–water partition coefficient (Wildman–Crippen LogP) is 2.48. The Morgan fingerprint density at radius 2 is 1.95 bits per heavy atom. The van der Waals surface area contributed by atoms with Gasteiger partial charge in [-0.1, -0.05) is 23.7 Å². The maximum absolute atomic E-state index is 12.2. The topological polar surface area (TPSA) is 64.8 Å². The number of hydrogen-bond acceptors (Lipinski definition) is 4. The summed E-state index contributed by atoms with van der Waals surface area (Å²) in [7, 11) is 0. The van der Waals surface area contributed by atoms with E-state index in [9.17, 15) is 4.79 Å². The SMILES string of the molecule is NC1C(=O)N(c2ccc3c(c2)OCO3)C1c1cccc(Cl)c1. The number of benzene rings is 2. The molecule has 112 valence electrons. The fraction of sp³-hybridized carbons (Fsp3) is 0.188. The van der Waals surface area contributed by atoms with Crippen molar-refractivity contribution in [3.8, 4) is 11.5 Å². The van der Waals surface area contributed by atoms with Crippen LogP contribution in [0.15, 0.2) is 42.5 Å². The van der Waals surface area contributed by atoms with Crippen LogP contribution in [0.3, 0.4) is 0 Å². The summed E-state index contributed by atoms with van der Waals surface area (Å²) in [4.78, 5) is 13.9. The van der Waals surface area contributed by atoms with Crippen molar-refractivity contribution >= 4 is 23.2 Å². The first-order valence-electron chi connectivity index (χ1n) is 6.89. The zero-order valence-corrected chi connectivity index (χ0v) is 12.3. The fourth-order valence-corrected chi connectivity index (χ4v) is 3.08. The maximum Gasteiger partial charge on any atom is 0.247 e. The van der Waals surface area contributed by atoms with E-state index in [-0.39, 0.29) is 18.7 Å². The van der Waals surface area contributed by atoms with Gasteiger partial charge in [-0.25, -0.2) is 0 Å². The molecule has 2 atom stereocenters. The van der Waals surface area contributed by atoms with Gasteiger partial charge in [-0.15, -0.1) is 0 Å². The van der Waals surface area contributed by atoms with Crippen LogP contribution < -0.4 is 20.1 Å². The number of rotatable bonds is 2. The standard InChI is InChI=1S/C16H13ClN2O3/c17-10-3-1-2-9(6-10)15-14(18)16(20)19(15)11-4-5-12-13(7-11)22-8-21-12/h1-7,14-15H,8,18H2. The molecule has 6 heteroatoms. The molecule has 0 radical (unpaired) electrons. The molecule has 2 aliphatic heterocycles. The zero-order valence-electron chi connectivity index (χ0n) is 11.5. The summed E-state index contributed by atoms with van der Waals surface area (Å²) in [6.07, 6.45) is 0. The normalized spacial score (nSPS) is 22.6. The van der Waals surface area contributed by atoms with E-state index in [1.165, 1.54) is 0 Å². The Kier molecular flexibility index (Phi) is 2.99. The smallest absolute Gasteiger partial charge is 0.247 e. The molecule has 1 saturated heterocycles. The zero-order chi connectivity index (χ0) is 15.3. The molecule has 0 bridgehead atoms. The van der Waals surface area contributed by atoms with Gasteiger partial charge in [-0.05, 0) is 29.8 Å². The molecule has 1 amide bonds. The van der Waals surface area contributed by atoms with E-state index in [0.29, 0.717) is 16.5 Å². The monoisotopic (exact) mass is 316 g/mol. The quantitative estimate of drug-likeness (QED) is 0.865. The third-order valence-electron chi connectivity index (χ3n) is 3.97. The van der Waals surface area contributed by atoms with Crippen molar-refractivity contribution in [2.24, 2.45) is 5.73 Å². The summed E-state index contributed by atoms with van der Waals surface area (Å²) < 4.78 is 10.7. The van der Waals surface area contributed by atoms with Crippen LogP contribution in [0.4, 0.5) is 5.69 Å². The Morgan fingerprint density at radius 3 is 2.77 bits per heavy atom. The third-order valence-corrected chi connectivity index (χ3v) is 4.20. The van der Waals surface area contributed by atoms with Gasteiger partial charge in [-0.3, -0.25) is 4.79 Å². The number of ether oxygens (including phenoxy) is 2. The van der Waals surface area contributed by atoms with Crippen molar-refractivity contribution in [2.45, 2.75) is 12.1 Å². The van der Waals surface area contributed by atoms with Crippen molar-refractivity contribution in [1.82, 2.24) is 0 Å². The molecule has 1 fully saturated rings. The number of carbonyl (C=O) groups is 1. The Labute approximate surface area is 132 Å². The summed E-state index contributed by atoms with van der Waals surface area (Å²) in [5, 5.41) is 0.620. The summed E-state index contributed by atoms with van der Waals surface area (Å²) in [5.74, 6) is 1.19. The summed E-state index contributed by atoms with van der Waals surface area (Å²) in [6.45, 7) is 0.198. The van der Waals surface area contributed by atoms with Crippen LogP contribution in [0.2, 0.25) is 5.02 Å². The van der Waals surface area contributed by atoms with Gasteiger partial charge in [-0.2, -0.15) is 0 Å². The number of hydrogen-bond donors (Lipinski definition) is 1. The lowest BCUT2D eigenvalue weighted by atomic mass is 9.88. The molecule has 2 heterocycles. The van der Waals surface area contributed by atoms with Crippen LogP contribution in [0.5, 0.6) is 11.5 Å². The van der Waals surface area contributed by atoms with Crippen LogP contribution in [0, 0.1) is 0 Å². The van der Waals surface area contributed by atoms with E-state index >= 15 is 0 Å². The van der Waals surface area contributed by atoms with Gasteiger partial charge in [0.25, 0.3) is 0 Å². The molecular weight excluding hydrogens is 304 g/mol. The van der Waals surface area contributed by atoms with Gasteiger partial charge in [0, 0.05) is 16.8 Å². The molecule has 22 heavy (non-hydrogen) atoms. The van der Waals surface area contributed by atoms with Crippen molar-refractivity contribution < 1.29 is 14.3 Å². The molecule has 4 rings (SSSR count). The van der Waals surface area contributed by atoms with Crippen LogP contribution in [-0.4, -0.2) is 18.7 Å². The minimum atomic E-state index is -0.566. The highest BCUT2D eigenvalue weighted by Crippen LogP contribution is 2.42. The lowest BCUT2D eigenvalue weighted by molar-refractivity contribution is -0.126. The summed E-state index contributed by atoms with van der Waals surface area (Å²) in [6, 6.07) is 12.0. The molecule has 5 nitrogen and oxygen atoms in total. The number of nitrogens with two attached hydrogens (primary N) is 1. The molecule has 2 N–H and O–H groups in total. The lowest BCUT2D eigenvalue weighted by Crippen LogP contribution is -2.63. The van der Waals surface area contributed by atoms with E-state index < -0.39 is 6.04 Å². The number of carbonyl (C=O) groups excluding carboxylic acids is 1. The predicted molar refractivity (Wildman–Crippen MR) is 82.2 cm³/mol. The highest BCUT2D eigenvalue weighted by atomic mass is 35.5. The molecule has 2 unspecified atom stereocenters. The van der Waals surface area contributed by atoms with Crippen LogP contribution >= 0.6 is 11.6 Å². The first-order chi connectivity index (χ1) is 10.6. The Hall–Kier alpha value is -2.24. The van der Waals surface area contributed by atoms with Gasteiger partial charge in [0.15, 0.2) is 11.5 Å². The highest BCUT2D eigenvalue weighted by molar-refractivity contribution is 6.30. The Bertz CT molecular complexity index is 765. The average molecular weight is 317 g/mol. The average Bonchev–Trinajstić information content (AvgIpc) is 2.98. The minimum absolute atomic E-state index is 0.121. The van der Waals surface area contributed by atoms with E-state index in [1.807, 2.05) is 24.3 Å². The lowest BCUT2D eigenvalue weighted by Gasteiger charge is -2.45. The Morgan fingerprint density at radius 1 is 1.14 bits per heavy atom. The largest absolute Gasteiger partial charge is 0.454 e. The number of β-lactam (4-membered cyclic amide) rings is 1. The number of nitrogens with zero attached hydrogens (tertiary/aromatic N) is 1. The number of amides is 1. The van der Waals surface area contributed by atoms with Crippen LogP contribution in [0.1, 0.15) is 11.6 Å². The van der Waals surface area contributed by atoms with Crippen molar-refractivity contribution in [2.75, 3.05) is 11.7 Å². The molecule has 2 aromatic rings. The molecule has 0 aliphatic carbocycles. The third kappa shape index (κ3) is 1.94. The first-order valence-corrected chi connectivity index (χ1v) is 7.27. The number of fused-ring (bicyclic) bond motifs is 1. The van der Waals surface area contributed by atoms with Gasteiger partial charge in [0.05, 0.1) is 6.04 Å². The van der Waals surface area contributed by atoms with Gasteiger partial charge in [0.2, 0.25) is 12.7 Å². The second-order valence-corrected chi connectivity index (χ2v) is 5.71. The van der Waals surface area contributed by atoms with Gasteiger partial charge >= 0.3 is 0 Å². The molecule has 2 aliphatic rings. The summed E-state index contributed by atoms with van der Waals surface area (Å²) >= 11 is 6.04. The fourth-order valence-electron chi connectivity index (χ4n) is 2.88. The van der Waals surface area contributed by atoms with Crippen molar-refractivity contribution in [3.05, 3.63) is 53.1 Å². The van der Waals surface area contributed by atoms with E-state index in [0.717, 1.165) is 11.3 Å². The van der Waals surface area contributed by atoms with E-state index in [4.69, 9.17) is 26.8 Å². The van der Waals surface area contributed by atoms with Crippen molar-refractivity contribution in [1.29, 1.82) is 0 Å². The molecule has 0 spiro atoms. The number of halogens is 1. The van der Waals surface area contributed by atoms with Crippen LogP contribution in [0.25, 0.3) is 0 Å². The van der Waals surface area contributed by atoms with E-state index in [1.54, 1.807) is 23.1 Å². The van der Waals surface area contributed by atoms with Gasteiger partial charge in [0.1, 0.15) is 6.04 Å². The molecule has 0 saturated carbocycles. The first kappa shape index (κ1) is 13.4. The maximum atomic E-state index is 12.2. The second kappa shape index (κ2) is 4.90. The highest BCUT2D eigenvalue weighted by Gasteiger charge is 2.47. The van der Waals surface area contributed by atoms with Crippen LogP contribution in [-0.2, 0) is 4.79 Å². The number of anilines is 1. The molecule has 2 aromatic carbocycles. The van der Waals surface area contributed by atoms with Gasteiger partial charge < -0.3 is 20.1 Å². The molecule has 0 aromatic heterocycles. The summed E-state index contributed by atoms with van der Waals surface area (Å²) in [5.41, 5.74) is 7.65. The minimum Gasteiger partial charge on any atom is -0.454 e. The van der Waals surface area contributed by atoms with Crippen molar-refractivity contribution in [3.63, 3.8) is 0 Å². The second-order valence-electron chi connectivity index (χ2n) is 5.27. The molecular formula is C16H13ClN2O3. The van der Waals surface area contributed by atoms with E-state index in [2.05, 4.69) is 0 Å².